The molecule has 3 rings (SSSR count). The zero-order chi connectivity index (χ0) is 21.7. The lowest BCUT2D eigenvalue weighted by Gasteiger charge is -2.39. The van der Waals surface area contributed by atoms with Gasteiger partial charge in [-0.1, -0.05) is 6.92 Å². The van der Waals surface area contributed by atoms with E-state index in [0.717, 1.165) is 56.9 Å². The predicted octanol–water partition coefficient (Wildman–Crippen LogP) is -1.12. The lowest BCUT2D eigenvalue weighted by molar-refractivity contribution is -1.09. The first kappa shape index (κ1) is 24.1. The highest BCUT2D eigenvalue weighted by atomic mass is 35.5. The Balaban J connectivity index is 1.67. The SMILES string of the molecule is CC1CC[NH+](CC(=NNC2CCC([NH+]([O-])O)CC2[NH+]([O-])O)C2CCC(Cl)CC2)CC1. The summed E-state index contributed by atoms with van der Waals surface area (Å²) in [6, 6.07) is -1.60. The van der Waals surface area contributed by atoms with Gasteiger partial charge in [0.15, 0.2) is 0 Å². The topological polar surface area (TPSA) is 124 Å². The number of rotatable bonds is 7. The molecule has 0 amide bonds. The zero-order valence-corrected chi connectivity index (χ0v) is 18.7. The van der Waals surface area contributed by atoms with Crippen molar-refractivity contribution in [2.45, 2.75) is 88.2 Å². The Bertz CT molecular complexity index is 551. The molecule has 5 atom stereocenters. The Labute approximate surface area is 184 Å². The molecule has 0 bridgehead atoms. The number of nitrogens with zero attached hydrogens (tertiary/aromatic N) is 1. The molecule has 3 aliphatic rings. The Morgan fingerprint density at radius 3 is 2.30 bits per heavy atom. The highest BCUT2D eigenvalue weighted by molar-refractivity contribution is 6.20. The van der Waals surface area contributed by atoms with E-state index in [0.29, 0.717) is 18.8 Å². The molecule has 6 N–H and O–H groups in total. The van der Waals surface area contributed by atoms with Crippen molar-refractivity contribution < 1.29 is 25.8 Å². The van der Waals surface area contributed by atoms with Gasteiger partial charge in [-0.25, -0.2) is 20.9 Å². The van der Waals surface area contributed by atoms with Gasteiger partial charge < -0.3 is 20.7 Å². The average Bonchev–Trinajstić information content (AvgIpc) is 2.73. The van der Waals surface area contributed by atoms with E-state index in [1.54, 1.807) is 4.90 Å². The molecule has 1 aliphatic heterocycles. The first-order valence-corrected chi connectivity index (χ1v) is 12.0. The molecule has 0 aromatic heterocycles. The third kappa shape index (κ3) is 6.74. The van der Waals surface area contributed by atoms with E-state index in [2.05, 4.69) is 12.3 Å². The van der Waals surface area contributed by atoms with Crippen LogP contribution in [-0.4, -0.2) is 59.3 Å². The Morgan fingerprint density at radius 2 is 1.70 bits per heavy atom. The van der Waals surface area contributed by atoms with Crippen LogP contribution in [0.4, 0.5) is 0 Å². The summed E-state index contributed by atoms with van der Waals surface area (Å²) in [5.74, 6) is 1.19. The summed E-state index contributed by atoms with van der Waals surface area (Å²) in [6.45, 7) is 5.53. The summed E-state index contributed by atoms with van der Waals surface area (Å²) < 4.78 is 0. The lowest BCUT2D eigenvalue weighted by Crippen LogP contribution is -3.15. The van der Waals surface area contributed by atoms with Crippen LogP contribution in [-0.2, 0) is 0 Å². The molecular weight excluding hydrogens is 410 g/mol. The zero-order valence-electron chi connectivity index (χ0n) is 18.0. The van der Waals surface area contributed by atoms with Crippen LogP contribution in [0.3, 0.4) is 0 Å². The lowest BCUT2D eigenvalue weighted by atomic mass is 9.85. The van der Waals surface area contributed by atoms with Crippen molar-refractivity contribution >= 4 is 17.3 Å². The fourth-order valence-corrected chi connectivity index (χ4v) is 5.50. The molecule has 0 radical (unpaired) electrons. The molecule has 0 aromatic rings. The minimum atomic E-state index is -0.937. The number of quaternary nitrogens is 3. The summed E-state index contributed by atoms with van der Waals surface area (Å²) in [4.78, 5) is 1.56. The van der Waals surface area contributed by atoms with Gasteiger partial charge in [-0.15, -0.1) is 11.6 Å². The van der Waals surface area contributed by atoms with Crippen molar-refractivity contribution in [3.63, 3.8) is 0 Å². The minimum absolute atomic E-state index is 0.166. The molecule has 3 fully saturated rings. The molecule has 2 saturated carbocycles. The summed E-state index contributed by atoms with van der Waals surface area (Å²) in [7, 11) is 0. The number of nitrogens with one attached hydrogen (secondary N) is 4. The maximum Gasteiger partial charge on any atom is 0.144 e. The second-order valence-corrected chi connectivity index (χ2v) is 10.3. The van der Waals surface area contributed by atoms with Crippen molar-refractivity contribution in [3.05, 3.63) is 10.4 Å². The van der Waals surface area contributed by atoms with Crippen molar-refractivity contribution in [2.24, 2.45) is 16.9 Å². The number of hydrogen-bond acceptors (Lipinski definition) is 6. The normalized spacial score (nSPS) is 40.6. The van der Waals surface area contributed by atoms with E-state index in [-0.39, 0.29) is 17.8 Å². The van der Waals surface area contributed by atoms with Crippen molar-refractivity contribution in [3.8, 4) is 0 Å². The highest BCUT2D eigenvalue weighted by Crippen LogP contribution is 2.28. The van der Waals surface area contributed by atoms with E-state index in [4.69, 9.17) is 16.7 Å². The molecule has 0 spiro atoms. The van der Waals surface area contributed by atoms with Crippen LogP contribution >= 0.6 is 11.6 Å². The summed E-state index contributed by atoms with van der Waals surface area (Å²) in [5.41, 5.74) is 4.33. The second kappa shape index (κ2) is 11.4. The minimum Gasteiger partial charge on any atom is -0.600 e. The number of likely N-dealkylation sites (tertiary alicyclic amines) is 1. The van der Waals surface area contributed by atoms with Crippen molar-refractivity contribution in [1.29, 1.82) is 0 Å². The average molecular weight is 449 g/mol. The molecule has 174 valence electrons. The van der Waals surface area contributed by atoms with Gasteiger partial charge in [-0.3, -0.25) is 0 Å². The number of piperidine rings is 1. The van der Waals surface area contributed by atoms with Crippen LogP contribution in [0.2, 0.25) is 0 Å². The van der Waals surface area contributed by atoms with Gasteiger partial charge in [-0.05, 0) is 50.9 Å². The number of alkyl halides is 1. The van der Waals surface area contributed by atoms with Crippen molar-refractivity contribution in [1.82, 2.24) is 5.43 Å². The third-order valence-electron chi connectivity index (χ3n) is 7.43. The highest BCUT2D eigenvalue weighted by Gasteiger charge is 2.38. The van der Waals surface area contributed by atoms with E-state index in [9.17, 15) is 20.8 Å². The van der Waals surface area contributed by atoms with Gasteiger partial charge >= 0.3 is 0 Å². The molecule has 5 unspecified atom stereocenters. The molecule has 1 heterocycles. The maximum atomic E-state index is 11.8. The fraction of sp³-hybridized carbons (Fsp3) is 0.950. The van der Waals surface area contributed by atoms with Gasteiger partial charge in [0.05, 0.1) is 31.3 Å². The smallest absolute Gasteiger partial charge is 0.144 e. The van der Waals surface area contributed by atoms with E-state index < -0.39 is 22.5 Å². The van der Waals surface area contributed by atoms with Gasteiger partial charge in [0.25, 0.3) is 0 Å². The first-order chi connectivity index (χ1) is 14.3. The summed E-state index contributed by atoms with van der Waals surface area (Å²) in [5, 5.41) is 45.2. The van der Waals surface area contributed by atoms with Gasteiger partial charge in [0.1, 0.15) is 18.6 Å². The summed E-state index contributed by atoms with van der Waals surface area (Å²) >= 11 is 6.31. The quantitative estimate of drug-likeness (QED) is 0.167. The van der Waals surface area contributed by atoms with Gasteiger partial charge in [0, 0.05) is 17.7 Å². The van der Waals surface area contributed by atoms with Crippen LogP contribution in [0, 0.1) is 22.3 Å². The monoisotopic (exact) mass is 448 g/mol. The molecule has 10 heteroatoms. The predicted molar refractivity (Wildman–Crippen MR) is 114 cm³/mol. The number of hydrogen-bond donors (Lipinski definition) is 6. The van der Waals surface area contributed by atoms with Crippen LogP contribution in [0.5, 0.6) is 0 Å². The largest absolute Gasteiger partial charge is 0.600 e. The fourth-order valence-electron chi connectivity index (χ4n) is 5.25. The van der Waals surface area contributed by atoms with Crippen LogP contribution < -0.4 is 20.8 Å². The number of hydrazone groups is 1. The van der Waals surface area contributed by atoms with Gasteiger partial charge in [0.2, 0.25) is 0 Å². The van der Waals surface area contributed by atoms with E-state index >= 15 is 0 Å². The van der Waals surface area contributed by atoms with E-state index in [1.807, 2.05) is 0 Å². The molecule has 0 aromatic carbocycles. The third-order valence-corrected chi connectivity index (χ3v) is 7.87. The first-order valence-electron chi connectivity index (χ1n) is 11.6. The van der Waals surface area contributed by atoms with E-state index in [1.165, 1.54) is 12.8 Å². The number of hydroxylamine groups is 4. The van der Waals surface area contributed by atoms with Crippen LogP contribution in [0.15, 0.2) is 5.10 Å². The van der Waals surface area contributed by atoms with Crippen LogP contribution in [0.1, 0.15) is 64.7 Å². The molecule has 2 aliphatic carbocycles. The summed E-state index contributed by atoms with van der Waals surface area (Å²) in [6.07, 6.45) is 7.73. The van der Waals surface area contributed by atoms with Crippen LogP contribution in [0.25, 0.3) is 0 Å². The molecular formula is C20H39ClN5O4+. The maximum absolute atomic E-state index is 11.8. The Hall–Kier alpha value is -0.520. The number of halogens is 1. The van der Waals surface area contributed by atoms with Gasteiger partial charge in [-0.2, -0.15) is 5.10 Å². The Kier molecular flexibility index (Phi) is 9.15. The molecule has 1 saturated heterocycles. The second-order valence-electron chi connectivity index (χ2n) is 9.69. The molecule has 9 nitrogen and oxygen atoms in total. The Morgan fingerprint density at radius 1 is 1.03 bits per heavy atom. The van der Waals surface area contributed by atoms with Crippen molar-refractivity contribution in [2.75, 3.05) is 19.6 Å². The molecule has 30 heavy (non-hydrogen) atoms. The standard InChI is InChI=1S/C20H38ClN5O4/c1-14-8-10-24(11-9-14)13-19(15-2-4-16(21)5-3-15)23-22-18-7-6-17(25(27)28)12-20(18)26(29)30/h14-18,20,22,25-27,29H,2-13H2,1H3/p+1.